The summed E-state index contributed by atoms with van der Waals surface area (Å²) in [5.41, 5.74) is 2.55. The molecule has 1 fully saturated rings. The summed E-state index contributed by atoms with van der Waals surface area (Å²) in [5, 5.41) is 10.2. The zero-order chi connectivity index (χ0) is 15.5. The summed E-state index contributed by atoms with van der Waals surface area (Å²) in [5.74, 6) is 0. The molecule has 1 saturated heterocycles. The highest BCUT2D eigenvalue weighted by atomic mass is 16.5. The fraction of sp³-hybridized carbons (Fsp3) is 0.667. The Bertz CT molecular complexity index is 453. The molecule has 0 radical (unpaired) electrons. The number of aliphatic hydroxyl groups is 1. The van der Waals surface area contributed by atoms with Gasteiger partial charge in [0.1, 0.15) is 0 Å². The van der Waals surface area contributed by atoms with Crippen LogP contribution in [0.1, 0.15) is 50.8 Å². The quantitative estimate of drug-likeness (QED) is 0.903. The number of hydrogen-bond donors (Lipinski definition) is 1. The third kappa shape index (κ3) is 4.80. The van der Waals surface area contributed by atoms with Crippen molar-refractivity contribution in [2.24, 2.45) is 0 Å². The Labute approximate surface area is 128 Å². The van der Waals surface area contributed by atoms with Gasteiger partial charge >= 0.3 is 0 Å². The Morgan fingerprint density at radius 3 is 2.71 bits per heavy atom. The lowest BCUT2D eigenvalue weighted by molar-refractivity contribution is -0.0570. The molecule has 1 aliphatic heterocycles. The first-order chi connectivity index (χ1) is 9.87. The molecule has 2 rings (SSSR count). The van der Waals surface area contributed by atoms with Crippen LogP contribution in [0.5, 0.6) is 0 Å². The average molecular weight is 291 g/mol. The van der Waals surface area contributed by atoms with E-state index in [-0.39, 0.29) is 5.60 Å². The molecule has 21 heavy (non-hydrogen) atoms. The molecule has 0 bridgehead atoms. The Hall–Kier alpha value is -0.900. The first-order valence-electron chi connectivity index (χ1n) is 7.98. The van der Waals surface area contributed by atoms with Crippen molar-refractivity contribution in [1.29, 1.82) is 0 Å². The maximum absolute atomic E-state index is 10.2. The van der Waals surface area contributed by atoms with Gasteiger partial charge in [-0.15, -0.1) is 0 Å². The van der Waals surface area contributed by atoms with E-state index in [1.807, 2.05) is 20.8 Å². The first kappa shape index (κ1) is 16.5. The van der Waals surface area contributed by atoms with E-state index in [1.54, 1.807) is 0 Å². The lowest BCUT2D eigenvalue weighted by atomic mass is 9.99. The zero-order valence-corrected chi connectivity index (χ0v) is 13.8. The van der Waals surface area contributed by atoms with E-state index in [4.69, 9.17) is 4.74 Å². The highest BCUT2D eigenvalue weighted by Gasteiger charge is 2.28. The second-order valence-corrected chi connectivity index (χ2v) is 7.09. The fourth-order valence-corrected chi connectivity index (χ4v) is 3.03. The number of benzene rings is 1. The summed E-state index contributed by atoms with van der Waals surface area (Å²) in [4.78, 5) is 2.40. The fourth-order valence-electron chi connectivity index (χ4n) is 3.03. The Balaban J connectivity index is 1.95. The van der Waals surface area contributed by atoms with Crippen molar-refractivity contribution in [3.05, 3.63) is 35.4 Å². The smallest absolute Gasteiger partial charge is 0.0900 e. The molecule has 118 valence electrons. The number of nitrogens with zero attached hydrogens (tertiary/aromatic N) is 1. The van der Waals surface area contributed by atoms with Crippen LogP contribution < -0.4 is 0 Å². The monoisotopic (exact) mass is 291 g/mol. The highest BCUT2D eigenvalue weighted by Crippen LogP contribution is 2.33. The van der Waals surface area contributed by atoms with Crippen LogP contribution in [0.3, 0.4) is 0 Å². The van der Waals surface area contributed by atoms with Crippen molar-refractivity contribution in [2.75, 3.05) is 19.7 Å². The van der Waals surface area contributed by atoms with Crippen molar-refractivity contribution < 1.29 is 9.84 Å². The van der Waals surface area contributed by atoms with Crippen molar-refractivity contribution >= 4 is 0 Å². The summed E-state index contributed by atoms with van der Waals surface area (Å²) in [6, 6.07) is 9.03. The molecule has 0 saturated carbocycles. The van der Waals surface area contributed by atoms with E-state index in [0.29, 0.717) is 19.2 Å². The zero-order valence-electron chi connectivity index (χ0n) is 13.8. The van der Waals surface area contributed by atoms with Gasteiger partial charge in [-0.3, -0.25) is 4.90 Å². The van der Waals surface area contributed by atoms with Crippen LogP contribution >= 0.6 is 0 Å². The summed E-state index contributed by atoms with van der Waals surface area (Å²) in [6.07, 6.45) is 1.96. The lowest BCUT2D eigenvalue weighted by Gasteiger charge is -2.29. The maximum atomic E-state index is 10.2. The minimum atomic E-state index is -0.422. The van der Waals surface area contributed by atoms with Gasteiger partial charge in [0.05, 0.1) is 18.3 Å². The molecule has 1 heterocycles. The van der Waals surface area contributed by atoms with Crippen LogP contribution in [0.2, 0.25) is 0 Å². The Morgan fingerprint density at radius 2 is 2.05 bits per heavy atom. The van der Waals surface area contributed by atoms with Crippen molar-refractivity contribution in [3.63, 3.8) is 0 Å². The molecule has 1 aliphatic rings. The van der Waals surface area contributed by atoms with Crippen LogP contribution in [0.25, 0.3) is 0 Å². The molecular weight excluding hydrogens is 262 g/mol. The van der Waals surface area contributed by atoms with E-state index in [1.165, 1.54) is 24.0 Å². The van der Waals surface area contributed by atoms with Crippen LogP contribution in [0, 0.1) is 6.92 Å². The highest BCUT2D eigenvalue weighted by molar-refractivity contribution is 5.29. The molecule has 1 N–H and O–H groups in total. The third-order valence-corrected chi connectivity index (χ3v) is 4.07. The van der Waals surface area contributed by atoms with Gasteiger partial charge in [0.2, 0.25) is 0 Å². The second kappa shape index (κ2) is 6.91. The summed E-state index contributed by atoms with van der Waals surface area (Å²) in [7, 11) is 0. The minimum Gasteiger partial charge on any atom is -0.389 e. The van der Waals surface area contributed by atoms with Crippen LogP contribution in [0.15, 0.2) is 24.3 Å². The molecule has 2 atom stereocenters. The van der Waals surface area contributed by atoms with Crippen molar-refractivity contribution in [3.8, 4) is 0 Å². The number of hydrogen-bond acceptors (Lipinski definition) is 3. The maximum Gasteiger partial charge on any atom is 0.0900 e. The molecule has 1 aromatic carbocycles. The standard InChI is InChI=1S/C18H29NO2/c1-14-8-5-6-9-16(14)17-10-7-11-19(17)12-15(20)13-21-18(2,3)4/h5-6,8-9,15,17,20H,7,10-13H2,1-4H3. The van der Waals surface area contributed by atoms with Gasteiger partial charge < -0.3 is 9.84 Å². The van der Waals surface area contributed by atoms with E-state index in [9.17, 15) is 5.11 Å². The second-order valence-electron chi connectivity index (χ2n) is 7.09. The summed E-state index contributed by atoms with van der Waals surface area (Å²) < 4.78 is 5.69. The Morgan fingerprint density at radius 1 is 1.33 bits per heavy atom. The van der Waals surface area contributed by atoms with Gasteiger partial charge in [-0.1, -0.05) is 24.3 Å². The molecule has 2 unspecified atom stereocenters. The largest absolute Gasteiger partial charge is 0.389 e. The number of ether oxygens (including phenoxy) is 1. The first-order valence-corrected chi connectivity index (χ1v) is 7.98. The molecule has 3 nitrogen and oxygen atoms in total. The molecule has 3 heteroatoms. The van der Waals surface area contributed by atoms with E-state index in [0.717, 1.165) is 6.54 Å². The predicted octanol–water partition coefficient (Wildman–Crippen LogP) is 3.31. The van der Waals surface area contributed by atoms with Crippen LogP contribution in [-0.2, 0) is 4.74 Å². The van der Waals surface area contributed by atoms with Crippen LogP contribution in [0.4, 0.5) is 0 Å². The average Bonchev–Trinajstić information content (AvgIpc) is 2.84. The predicted molar refractivity (Wildman–Crippen MR) is 86.4 cm³/mol. The van der Waals surface area contributed by atoms with E-state index < -0.39 is 6.10 Å². The number of β-amino-alcohol motifs (C(OH)–C–C–N with tert-alkyl or cyclic N) is 1. The number of aryl methyl sites for hydroxylation is 1. The molecule has 0 spiro atoms. The Kier molecular flexibility index (Phi) is 5.42. The number of aliphatic hydroxyl groups excluding tert-OH is 1. The van der Waals surface area contributed by atoms with Crippen LogP contribution in [-0.4, -0.2) is 41.4 Å². The van der Waals surface area contributed by atoms with Gasteiger partial charge in [0.25, 0.3) is 0 Å². The normalized spacial score (nSPS) is 21.7. The van der Waals surface area contributed by atoms with Gasteiger partial charge in [-0.25, -0.2) is 0 Å². The number of rotatable bonds is 5. The van der Waals surface area contributed by atoms with Gasteiger partial charge in [0.15, 0.2) is 0 Å². The molecule has 1 aromatic rings. The third-order valence-electron chi connectivity index (χ3n) is 4.07. The van der Waals surface area contributed by atoms with E-state index in [2.05, 4.69) is 36.1 Å². The molecular formula is C18H29NO2. The van der Waals surface area contributed by atoms with E-state index >= 15 is 0 Å². The molecule has 0 amide bonds. The molecule has 0 aliphatic carbocycles. The lowest BCUT2D eigenvalue weighted by Crippen LogP contribution is -2.36. The summed E-state index contributed by atoms with van der Waals surface area (Å²) >= 11 is 0. The molecule has 0 aromatic heterocycles. The van der Waals surface area contributed by atoms with Gasteiger partial charge in [-0.05, 0) is 58.2 Å². The number of likely N-dealkylation sites (tertiary alicyclic amines) is 1. The minimum absolute atomic E-state index is 0.193. The van der Waals surface area contributed by atoms with Gasteiger partial charge in [-0.2, -0.15) is 0 Å². The van der Waals surface area contributed by atoms with Crippen molar-refractivity contribution in [1.82, 2.24) is 4.90 Å². The SMILES string of the molecule is Cc1ccccc1C1CCCN1CC(O)COC(C)(C)C. The van der Waals surface area contributed by atoms with Crippen molar-refractivity contribution in [2.45, 2.75) is 58.3 Å². The van der Waals surface area contributed by atoms with Gasteiger partial charge in [0, 0.05) is 12.6 Å². The topological polar surface area (TPSA) is 32.7 Å². The summed E-state index contributed by atoms with van der Waals surface area (Å²) in [6.45, 7) is 10.4.